The second-order valence-corrected chi connectivity index (χ2v) is 7.35. The minimum Gasteiger partial charge on any atom is -0.299 e. The van der Waals surface area contributed by atoms with E-state index in [4.69, 9.17) is 0 Å². The predicted molar refractivity (Wildman–Crippen MR) is 77.0 cm³/mol. The molecule has 2 heteroatoms. The first-order valence-corrected chi connectivity index (χ1v) is 8.06. The van der Waals surface area contributed by atoms with Crippen LogP contribution in [-0.2, 0) is 9.59 Å². The van der Waals surface area contributed by atoms with Crippen molar-refractivity contribution >= 4 is 11.6 Å². The van der Waals surface area contributed by atoms with Gasteiger partial charge in [-0.05, 0) is 61.5 Å². The van der Waals surface area contributed by atoms with E-state index >= 15 is 0 Å². The van der Waals surface area contributed by atoms with Gasteiger partial charge in [0.05, 0.1) is 0 Å². The van der Waals surface area contributed by atoms with Crippen LogP contribution in [-0.4, -0.2) is 11.6 Å². The van der Waals surface area contributed by atoms with E-state index in [0.29, 0.717) is 35.7 Å². The Morgan fingerprint density at radius 1 is 1.20 bits per heavy atom. The van der Waals surface area contributed by atoms with Gasteiger partial charge in [-0.15, -0.1) is 0 Å². The van der Waals surface area contributed by atoms with Crippen LogP contribution in [0.4, 0.5) is 0 Å². The first-order chi connectivity index (χ1) is 9.61. The van der Waals surface area contributed by atoms with E-state index in [1.54, 1.807) is 0 Å². The fourth-order valence-corrected chi connectivity index (χ4v) is 5.47. The van der Waals surface area contributed by atoms with Gasteiger partial charge in [0, 0.05) is 17.8 Å². The van der Waals surface area contributed by atoms with Gasteiger partial charge in [0.2, 0.25) is 0 Å². The Kier molecular flexibility index (Phi) is 2.61. The van der Waals surface area contributed by atoms with Crippen molar-refractivity contribution in [1.82, 2.24) is 0 Å². The number of hydrogen-bond acceptors (Lipinski definition) is 2. The maximum Gasteiger partial charge on any atom is 0.159 e. The maximum absolute atomic E-state index is 12.7. The van der Waals surface area contributed by atoms with Crippen LogP contribution in [0.2, 0.25) is 0 Å². The predicted octanol–water partition coefficient (Wildman–Crippen LogP) is 3.47. The number of rotatable bonds is 0. The fourth-order valence-electron chi connectivity index (χ4n) is 5.47. The van der Waals surface area contributed by atoms with Crippen molar-refractivity contribution in [3.8, 4) is 0 Å². The molecule has 0 radical (unpaired) electrons. The first-order valence-electron chi connectivity index (χ1n) is 8.06. The molecule has 4 rings (SSSR count). The zero-order chi connectivity index (χ0) is 13.9. The third-order valence-electron chi connectivity index (χ3n) is 6.57. The zero-order valence-electron chi connectivity index (χ0n) is 12.1. The summed E-state index contributed by atoms with van der Waals surface area (Å²) in [4.78, 5) is 24.9. The lowest BCUT2D eigenvalue weighted by Crippen LogP contribution is -2.48. The fraction of sp³-hybridized carbons (Fsp3) is 0.667. The van der Waals surface area contributed by atoms with Crippen LogP contribution < -0.4 is 0 Å². The van der Waals surface area contributed by atoms with Crippen LogP contribution in [0.3, 0.4) is 0 Å². The van der Waals surface area contributed by atoms with Crippen molar-refractivity contribution < 1.29 is 9.59 Å². The highest BCUT2D eigenvalue weighted by molar-refractivity contribution is 5.96. The monoisotopic (exact) mass is 270 g/mol. The molecule has 20 heavy (non-hydrogen) atoms. The molecule has 0 spiro atoms. The molecule has 0 heterocycles. The molecule has 0 saturated heterocycles. The van der Waals surface area contributed by atoms with E-state index in [0.717, 1.165) is 25.7 Å². The molecule has 4 aliphatic rings. The SMILES string of the molecule is C[C@]12CC[C@@H]3C4CCC=CC4=CC(=O)[C@H]3[C@@H]1CCC2=O. The van der Waals surface area contributed by atoms with Crippen LogP contribution in [0.15, 0.2) is 23.8 Å². The van der Waals surface area contributed by atoms with Crippen molar-refractivity contribution in [2.75, 3.05) is 0 Å². The van der Waals surface area contributed by atoms with Crippen molar-refractivity contribution in [2.45, 2.75) is 45.4 Å². The molecule has 0 amide bonds. The van der Waals surface area contributed by atoms with Crippen LogP contribution in [0, 0.1) is 29.1 Å². The third-order valence-corrected chi connectivity index (χ3v) is 6.57. The first kappa shape index (κ1) is 12.6. The van der Waals surface area contributed by atoms with Crippen molar-refractivity contribution in [3.05, 3.63) is 23.8 Å². The molecule has 0 aromatic rings. The van der Waals surface area contributed by atoms with Gasteiger partial charge in [0.25, 0.3) is 0 Å². The molecule has 0 N–H and O–H groups in total. The minimum absolute atomic E-state index is 0.125. The topological polar surface area (TPSA) is 34.1 Å². The number of Topliss-reactive ketones (excluding diaryl/α,β-unsaturated/α-hetero) is 1. The lowest BCUT2D eigenvalue weighted by atomic mass is 9.53. The molecule has 2 nitrogen and oxygen atoms in total. The van der Waals surface area contributed by atoms with Crippen LogP contribution in [0.25, 0.3) is 0 Å². The molecular weight excluding hydrogens is 248 g/mol. The van der Waals surface area contributed by atoms with E-state index in [1.165, 1.54) is 12.0 Å². The molecule has 2 fully saturated rings. The number of ketones is 2. The van der Waals surface area contributed by atoms with E-state index < -0.39 is 0 Å². The molecular formula is C18H22O2. The summed E-state index contributed by atoms with van der Waals surface area (Å²) in [5.41, 5.74) is 1.06. The summed E-state index contributed by atoms with van der Waals surface area (Å²) in [6, 6.07) is 0. The van der Waals surface area contributed by atoms with Crippen molar-refractivity contribution in [2.24, 2.45) is 29.1 Å². The summed E-state index contributed by atoms with van der Waals surface area (Å²) in [5.74, 6) is 2.22. The van der Waals surface area contributed by atoms with Gasteiger partial charge in [0.1, 0.15) is 5.78 Å². The second-order valence-electron chi connectivity index (χ2n) is 7.35. The molecule has 4 aliphatic carbocycles. The van der Waals surface area contributed by atoms with E-state index in [-0.39, 0.29) is 11.3 Å². The van der Waals surface area contributed by atoms with E-state index in [9.17, 15) is 9.59 Å². The standard InChI is InChI=1S/C18H22O2/c1-18-9-8-13-12-5-3-2-4-11(12)10-15(19)17(13)14(18)6-7-16(18)20/h2,4,10,12-14,17H,3,5-9H2,1H3/t12?,13-,14+,17-,18+/m1/s1. The molecule has 0 aromatic heterocycles. The van der Waals surface area contributed by atoms with Crippen LogP contribution in [0.5, 0.6) is 0 Å². The quantitative estimate of drug-likeness (QED) is 0.675. The number of carbonyl (C=O) groups excluding carboxylic acids is 2. The smallest absolute Gasteiger partial charge is 0.159 e. The minimum atomic E-state index is -0.202. The van der Waals surface area contributed by atoms with Crippen molar-refractivity contribution in [1.29, 1.82) is 0 Å². The molecule has 0 bridgehead atoms. The Hall–Kier alpha value is -1.18. The highest BCUT2D eigenvalue weighted by Crippen LogP contribution is 2.58. The Labute approximate surface area is 120 Å². The summed E-state index contributed by atoms with van der Waals surface area (Å²) in [5, 5.41) is 0. The summed E-state index contributed by atoms with van der Waals surface area (Å²) in [6.07, 6.45) is 12.3. The average Bonchev–Trinajstić information content (AvgIpc) is 2.75. The average molecular weight is 270 g/mol. The van der Waals surface area contributed by atoms with E-state index in [2.05, 4.69) is 19.1 Å². The van der Waals surface area contributed by atoms with Gasteiger partial charge in [-0.25, -0.2) is 0 Å². The number of allylic oxidation sites excluding steroid dienone is 4. The van der Waals surface area contributed by atoms with Gasteiger partial charge in [-0.3, -0.25) is 9.59 Å². The Balaban J connectivity index is 1.76. The summed E-state index contributed by atoms with van der Waals surface area (Å²) >= 11 is 0. The molecule has 2 saturated carbocycles. The van der Waals surface area contributed by atoms with Crippen molar-refractivity contribution in [3.63, 3.8) is 0 Å². The van der Waals surface area contributed by atoms with Gasteiger partial charge in [-0.2, -0.15) is 0 Å². The molecule has 5 atom stereocenters. The highest BCUT2D eigenvalue weighted by atomic mass is 16.1. The Bertz CT molecular complexity index is 542. The molecule has 0 aliphatic heterocycles. The normalized spacial score (nSPS) is 46.5. The molecule has 106 valence electrons. The maximum atomic E-state index is 12.7. The van der Waals surface area contributed by atoms with Crippen LogP contribution in [0.1, 0.15) is 45.4 Å². The number of carbonyl (C=O) groups is 2. The lowest BCUT2D eigenvalue weighted by Gasteiger charge is -2.49. The Morgan fingerprint density at radius 3 is 2.90 bits per heavy atom. The zero-order valence-corrected chi connectivity index (χ0v) is 12.1. The number of hydrogen-bond donors (Lipinski definition) is 0. The van der Waals surface area contributed by atoms with Gasteiger partial charge in [0.15, 0.2) is 5.78 Å². The largest absolute Gasteiger partial charge is 0.299 e. The van der Waals surface area contributed by atoms with Crippen LogP contribution >= 0.6 is 0 Å². The molecule has 0 aromatic carbocycles. The highest BCUT2D eigenvalue weighted by Gasteiger charge is 2.57. The number of fused-ring (bicyclic) bond motifs is 5. The second kappa shape index (κ2) is 4.16. The van der Waals surface area contributed by atoms with E-state index in [1.807, 2.05) is 6.08 Å². The summed E-state index contributed by atoms with van der Waals surface area (Å²) < 4.78 is 0. The van der Waals surface area contributed by atoms with Gasteiger partial charge >= 0.3 is 0 Å². The summed E-state index contributed by atoms with van der Waals surface area (Å²) in [7, 11) is 0. The molecule has 1 unspecified atom stereocenters. The third kappa shape index (κ3) is 1.51. The summed E-state index contributed by atoms with van der Waals surface area (Å²) in [6.45, 7) is 2.12. The van der Waals surface area contributed by atoms with Gasteiger partial charge in [-0.1, -0.05) is 19.1 Å². The Morgan fingerprint density at radius 2 is 2.05 bits per heavy atom. The van der Waals surface area contributed by atoms with Gasteiger partial charge < -0.3 is 0 Å². The lowest BCUT2D eigenvalue weighted by molar-refractivity contribution is -0.136.